The van der Waals surface area contributed by atoms with Crippen molar-refractivity contribution < 1.29 is 26.3 Å². The van der Waals surface area contributed by atoms with Crippen molar-refractivity contribution in [3.8, 4) is 0 Å². The second-order valence-corrected chi connectivity index (χ2v) is 11.5. The molecule has 38 heavy (non-hydrogen) atoms. The smallest absolute Gasteiger partial charge is 0.371 e. The zero-order valence-electron chi connectivity index (χ0n) is 22.2. The van der Waals surface area contributed by atoms with Crippen LogP contribution in [0.2, 0.25) is 0 Å². The van der Waals surface area contributed by atoms with Gasteiger partial charge in [-0.1, -0.05) is 0 Å². The summed E-state index contributed by atoms with van der Waals surface area (Å²) in [7, 11) is 2.06. The molecule has 2 N–H and O–H groups in total. The quantitative estimate of drug-likeness (QED) is 0.410. The molecule has 3 heterocycles. The summed E-state index contributed by atoms with van der Waals surface area (Å²) in [4.78, 5) is 11.7. The van der Waals surface area contributed by atoms with Gasteiger partial charge in [0.15, 0.2) is 11.6 Å². The zero-order valence-corrected chi connectivity index (χ0v) is 22.2. The predicted molar refractivity (Wildman–Crippen MR) is 136 cm³/mol. The van der Waals surface area contributed by atoms with Crippen molar-refractivity contribution >= 4 is 23.1 Å². The Balaban J connectivity index is 1.55. The lowest BCUT2D eigenvalue weighted by Crippen LogP contribution is -2.61. The van der Waals surface area contributed by atoms with Gasteiger partial charge in [-0.3, -0.25) is 4.90 Å². The van der Waals surface area contributed by atoms with Gasteiger partial charge < -0.3 is 15.5 Å². The van der Waals surface area contributed by atoms with Crippen molar-refractivity contribution in [1.29, 1.82) is 0 Å². The molecule has 210 valence electrons. The van der Waals surface area contributed by atoms with Gasteiger partial charge >= 0.3 is 6.18 Å². The maximum Gasteiger partial charge on any atom is 0.418 e. The Kier molecular flexibility index (Phi) is 7.26. The number of rotatable bonds is 5. The minimum absolute atomic E-state index is 0.0365. The zero-order chi connectivity index (χ0) is 28.1. The number of aromatic nitrogens is 2. The molecule has 4 rings (SSSR count). The fraction of sp³-hybridized carbons (Fsp3) is 0.615. The van der Waals surface area contributed by atoms with Crippen LogP contribution in [0.3, 0.4) is 0 Å². The van der Waals surface area contributed by atoms with E-state index >= 15 is 0 Å². The molecule has 2 fully saturated rings. The fourth-order valence-electron chi connectivity index (χ4n) is 5.52. The minimum atomic E-state index is -4.71. The highest BCUT2D eigenvalue weighted by Gasteiger charge is 2.43. The van der Waals surface area contributed by atoms with E-state index in [1.165, 1.54) is 17.0 Å². The van der Waals surface area contributed by atoms with E-state index in [0.29, 0.717) is 0 Å². The average molecular weight is 545 g/mol. The van der Waals surface area contributed by atoms with E-state index in [9.17, 15) is 26.3 Å². The number of nitrogens with zero attached hydrogens (tertiary/aromatic N) is 4. The molecule has 1 aromatic heterocycles. The molecule has 2 aliphatic rings. The largest absolute Gasteiger partial charge is 0.418 e. The van der Waals surface area contributed by atoms with Gasteiger partial charge in [-0.05, 0) is 65.8 Å². The van der Waals surface area contributed by atoms with Gasteiger partial charge in [0.05, 0.1) is 11.8 Å². The van der Waals surface area contributed by atoms with Gasteiger partial charge in [0.1, 0.15) is 0 Å². The van der Waals surface area contributed by atoms with Crippen LogP contribution in [0.15, 0.2) is 24.4 Å². The highest BCUT2D eigenvalue weighted by Crippen LogP contribution is 2.41. The van der Waals surface area contributed by atoms with Crippen molar-refractivity contribution in [1.82, 2.24) is 14.9 Å². The van der Waals surface area contributed by atoms with Crippen molar-refractivity contribution in [2.24, 2.45) is 0 Å². The van der Waals surface area contributed by atoms with Gasteiger partial charge in [0, 0.05) is 54.4 Å². The van der Waals surface area contributed by atoms with Crippen LogP contribution < -0.4 is 15.5 Å². The van der Waals surface area contributed by atoms with Crippen LogP contribution in [-0.2, 0) is 6.18 Å². The summed E-state index contributed by atoms with van der Waals surface area (Å²) in [6.07, 6.45) is -3.28. The molecule has 6 nitrogen and oxygen atoms in total. The molecular formula is C26H34F6N6. The normalized spacial score (nSPS) is 21.8. The number of hydrogen-bond acceptors (Lipinski definition) is 6. The molecule has 2 aromatic rings. The number of benzene rings is 1. The Morgan fingerprint density at radius 3 is 2.18 bits per heavy atom. The van der Waals surface area contributed by atoms with E-state index < -0.39 is 36.3 Å². The topological polar surface area (TPSA) is 56.3 Å². The second-order valence-electron chi connectivity index (χ2n) is 11.5. The molecule has 2 saturated heterocycles. The summed E-state index contributed by atoms with van der Waals surface area (Å²) >= 11 is 0. The first-order chi connectivity index (χ1) is 17.5. The summed E-state index contributed by atoms with van der Waals surface area (Å²) in [5.74, 6) is -3.65. The van der Waals surface area contributed by atoms with Crippen LogP contribution in [0, 0.1) is 5.82 Å². The third-order valence-electron chi connectivity index (χ3n) is 7.79. The standard InChI is InChI=1S/C26H34F6N6/c1-23(2)13-17(14-24(3,4)37(23)5)34-21-19(27)15-33-22(36-21)35-16-6-7-20(18(12-16)26(30,31)32)38-10-8-25(28,29)9-11-38/h6-7,12,15,17H,8-11,13-14H2,1-5H3,(H2,33,34,35,36). The Morgan fingerprint density at radius 2 is 1.61 bits per heavy atom. The summed E-state index contributed by atoms with van der Waals surface area (Å²) in [6.45, 7) is 8.10. The molecule has 0 spiro atoms. The highest BCUT2D eigenvalue weighted by molar-refractivity contribution is 5.65. The Morgan fingerprint density at radius 1 is 1.00 bits per heavy atom. The van der Waals surface area contributed by atoms with E-state index in [0.717, 1.165) is 25.1 Å². The van der Waals surface area contributed by atoms with Crippen LogP contribution >= 0.6 is 0 Å². The first kappa shape index (κ1) is 28.3. The lowest BCUT2D eigenvalue weighted by atomic mass is 9.77. The van der Waals surface area contributed by atoms with E-state index in [1.807, 2.05) is 0 Å². The summed E-state index contributed by atoms with van der Waals surface area (Å²) in [5.41, 5.74) is -1.37. The van der Waals surface area contributed by atoms with E-state index in [1.54, 1.807) is 0 Å². The molecule has 0 radical (unpaired) electrons. The van der Waals surface area contributed by atoms with E-state index in [4.69, 9.17) is 0 Å². The lowest BCUT2D eigenvalue weighted by molar-refractivity contribution is -0.137. The van der Waals surface area contributed by atoms with Crippen molar-refractivity contribution in [2.45, 2.75) is 82.6 Å². The molecule has 0 aliphatic carbocycles. The van der Waals surface area contributed by atoms with Crippen LogP contribution in [0.5, 0.6) is 0 Å². The van der Waals surface area contributed by atoms with Gasteiger partial charge in [0.25, 0.3) is 5.92 Å². The SMILES string of the molecule is CN1C(C)(C)CC(Nc2nc(Nc3ccc(N4CCC(F)(F)CC4)c(C(F)(F)F)c3)ncc2F)CC1(C)C. The van der Waals surface area contributed by atoms with Gasteiger partial charge in [-0.15, -0.1) is 0 Å². The maximum atomic E-state index is 14.6. The Hall–Kier alpha value is -2.76. The fourth-order valence-corrected chi connectivity index (χ4v) is 5.52. The van der Waals surface area contributed by atoms with Crippen LogP contribution in [0.1, 0.15) is 58.9 Å². The number of nitrogens with one attached hydrogen (secondary N) is 2. The van der Waals surface area contributed by atoms with Gasteiger partial charge in [0.2, 0.25) is 5.95 Å². The maximum absolute atomic E-state index is 14.6. The Labute approximate surface area is 218 Å². The number of likely N-dealkylation sites (tertiary alicyclic amines) is 1. The van der Waals surface area contributed by atoms with Gasteiger partial charge in [-0.25, -0.2) is 18.2 Å². The average Bonchev–Trinajstić information content (AvgIpc) is 2.79. The number of halogens is 6. The molecule has 0 atom stereocenters. The van der Waals surface area contributed by atoms with Gasteiger partial charge in [-0.2, -0.15) is 18.2 Å². The molecule has 12 heteroatoms. The van der Waals surface area contributed by atoms with E-state index in [2.05, 4.69) is 60.2 Å². The molecule has 0 unspecified atom stereocenters. The number of alkyl halides is 5. The van der Waals surface area contributed by atoms with Crippen LogP contribution in [0.4, 0.5) is 49.5 Å². The number of hydrogen-bond donors (Lipinski definition) is 2. The monoisotopic (exact) mass is 544 g/mol. The van der Waals surface area contributed by atoms with Crippen LogP contribution in [0.25, 0.3) is 0 Å². The Bertz CT molecular complexity index is 1140. The molecule has 0 bridgehead atoms. The van der Waals surface area contributed by atoms with Crippen molar-refractivity contribution in [3.05, 3.63) is 35.8 Å². The molecular weight excluding hydrogens is 510 g/mol. The van der Waals surface area contributed by atoms with Crippen LogP contribution in [-0.4, -0.2) is 58.0 Å². The number of anilines is 4. The third-order valence-corrected chi connectivity index (χ3v) is 7.79. The third kappa shape index (κ3) is 6.10. The summed E-state index contributed by atoms with van der Waals surface area (Å²) in [6, 6.07) is 3.46. The molecule has 2 aliphatic heterocycles. The molecule has 0 saturated carbocycles. The van der Waals surface area contributed by atoms with Crippen molar-refractivity contribution in [2.75, 3.05) is 35.7 Å². The van der Waals surface area contributed by atoms with Crippen molar-refractivity contribution in [3.63, 3.8) is 0 Å². The predicted octanol–water partition coefficient (Wildman–Crippen LogP) is 6.68. The minimum Gasteiger partial charge on any atom is -0.371 e. The highest BCUT2D eigenvalue weighted by atomic mass is 19.4. The lowest BCUT2D eigenvalue weighted by Gasteiger charge is -2.53. The summed E-state index contributed by atoms with van der Waals surface area (Å²) in [5, 5.41) is 5.89. The molecule has 0 amide bonds. The number of piperidine rings is 2. The van der Waals surface area contributed by atoms with E-state index in [-0.39, 0.29) is 53.4 Å². The first-order valence-corrected chi connectivity index (χ1v) is 12.6. The first-order valence-electron chi connectivity index (χ1n) is 12.6. The molecule has 1 aromatic carbocycles. The second kappa shape index (κ2) is 9.77. The summed E-state index contributed by atoms with van der Waals surface area (Å²) < 4.78 is 83.4.